The maximum absolute atomic E-state index is 14.8. The number of carbonyl (C=O) groups excluding carboxylic acids is 3. The number of rotatable bonds is 16. The number of urea groups is 1. The van der Waals surface area contributed by atoms with Crippen molar-refractivity contribution in [3.05, 3.63) is 104 Å². The Hall–Kier alpha value is -4.37. The number of ether oxygens (including phenoxy) is 2. The molecule has 2 N–H and O–H groups in total. The number of hydrogen-bond donors (Lipinski definition) is 2. The van der Waals surface area contributed by atoms with Gasteiger partial charge >= 0.3 is 12.1 Å². The standard InChI is InChI=1S/C41H51N7O5S2/c1-29(2)36-43-33(27-54-36)25-46(3)38(50)45-41(20-32(41)24-47-16-18-52-19-17-47)37(49)44-40(21-35(40)31-12-8-5-9-13-31)14-15-48(23-30-10-6-4-7-11-30)39(51)53-26-34-22-42-28-55-34/h4-13,22,27-29,32,35H,14-21,23-26H2,1-3H3,(H,44,49)(H,45,50)/t32-,35?,40?,41?/m1/s1. The third-order valence-corrected chi connectivity index (χ3v) is 12.9. The van der Waals surface area contributed by atoms with Crippen molar-refractivity contribution in [2.75, 3.05) is 46.4 Å². The Labute approximate surface area is 331 Å². The molecule has 3 unspecified atom stereocenters. The number of nitrogens with zero attached hydrogens (tertiary/aromatic N) is 5. The van der Waals surface area contributed by atoms with Crippen LogP contribution in [0.1, 0.15) is 71.7 Å². The van der Waals surface area contributed by atoms with Gasteiger partial charge in [-0.1, -0.05) is 74.5 Å². The Balaban J connectivity index is 1.10. The fraction of sp³-hybridized carbons (Fsp3) is 0.488. The van der Waals surface area contributed by atoms with Crippen LogP contribution in [0, 0.1) is 5.92 Å². The molecule has 4 aromatic rings. The molecule has 4 atom stereocenters. The van der Waals surface area contributed by atoms with Crippen LogP contribution in [0.4, 0.5) is 9.59 Å². The van der Waals surface area contributed by atoms with E-state index in [1.807, 2.05) is 53.9 Å². The number of aromatic nitrogens is 2. The Kier molecular flexibility index (Phi) is 12.2. The number of amides is 4. The summed E-state index contributed by atoms with van der Waals surface area (Å²) < 4.78 is 11.4. The van der Waals surface area contributed by atoms with Gasteiger partial charge in [0.15, 0.2) is 0 Å². The maximum atomic E-state index is 14.8. The average molecular weight is 786 g/mol. The molecule has 0 spiro atoms. The second-order valence-corrected chi connectivity index (χ2v) is 17.2. The van der Waals surface area contributed by atoms with Gasteiger partial charge in [0.05, 0.1) is 40.8 Å². The normalized spacial score (nSPS) is 23.2. The molecular formula is C41H51N7O5S2. The zero-order chi connectivity index (χ0) is 38.4. The van der Waals surface area contributed by atoms with Crippen LogP contribution in [0.3, 0.4) is 0 Å². The summed E-state index contributed by atoms with van der Waals surface area (Å²) in [4.78, 5) is 57.7. The van der Waals surface area contributed by atoms with Gasteiger partial charge in [-0.05, 0) is 30.4 Å². The van der Waals surface area contributed by atoms with E-state index in [2.05, 4.69) is 46.5 Å². The van der Waals surface area contributed by atoms with Crippen LogP contribution in [0.5, 0.6) is 0 Å². The summed E-state index contributed by atoms with van der Waals surface area (Å²) in [6.45, 7) is 9.02. The second-order valence-electron chi connectivity index (χ2n) is 15.4. The Morgan fingerprint density at radius 1 is 1.00 bits per heavy atom. The zero-order valence-corrected chi connectivity index (χ0v) is 33.4. The zero-order valence-electron chi connectivity index (χ0n) is 31.8. The topological polar surface area (TPSA) is 129 Å². The molecule has 14 heteroatoms. The fourth-order valence-corrected chi connectivity index (χ4v) is 8.88. The molecule has 0 radical (unpaired) electrons. The van der Waals surface area contributed by atoms with Gasteiger partial charge in [-0.15, -0.1) is 22.7 Å². The van der Waals surface area contributed by atoms with E-state index in [4.69, 9.17) is 14.5 Å². The van der Waals surface area contributed by atoms with Crippen molar-refractivity contribution < 1.29 is 23.9 Å². The molecule has 7 rings (SSSR count). The predicted octanol–water partition coefficient (Wildman–Crippen LogP) is 6.23. The minimum atomic E-state index is -1.07. The molecule has 3 heterocycles. The van der Waals surface area contributed by atoms with Crippen LogP contribution in [-0.4, -0.2) is 100 Å². The highest BCUT2D eigenvalue weighted by Crippen LogP contribution is 2.55. The molecule has 2 aromatic heterocycles. The first kappa shape index (κ1) is 38.9. The summed E-state index contributed by atoms with van der Waals surface area (Å²) in [7, 11) is 1.75. The van der Waals surface area contributed by atoms with Crippen molar-refractivity contribution in [2.24, 2.45) is 5.92 Å². The number of benzene rings is 2. The van der Waals surface area contributed by atoms with Gasteiger partial charge in [-0.2, -0.15) is 0 Å². The van der Waals surface area contributed by atoms with Crippen LogP contribution in [-0.2, 0) is 34.0 Å². The Bertz CT molecular complexity index is 1890. The molecule has 3 fully saturated rings. The summed E-state index contributed by atoms with van der Waals surface area (Å²) in [5.74, 6) is 0.129. The van der Waals surface area contributed by atoms with E-state index in [1.54, 1.807) is 39.9 Å². The lowest BCUT2D eigenvalue weighted by molar-refractivity contribution is -0.125. The molecule has 1 saturated heterocycles. The van der Waals surface area contributed by atoms with Crippen LogP contribution in [0.15, 0.2) is 77.8 Å². The van der Waals surface area contributed by atoms with Gasteiger partial charge in [0, 0.05) is 74.6 Å². The van der Waals surface area contributed by atoms with E-state index in [-0.39, 0.29) is 30.4 Å². The minimum absolute atomic E-state index is 0.0520. The highest BCUT2D eigenvalue weighted by atomic mass is 32.1. The summed E-state index contributed by atoms with van der Waals surface area (Å²) in [5.41, 5.74) is 2.98. The fourth-order valence-electron chi connectivity index (χ4n) is 7.55. The Morgan fingerprint density at radius 3 is 2.44 bits per heavy atom. The molecule has 4 amide bonds. The minimum Gasteiger partial charge on any atom is -0.444 e. The van der Waals surface area contributed by atoms with Crippen molar-refractivity contribution in [1.29, 1.82) is 0 Å². The van der Waals surface area contributed by atoms with Gasteiger partial charge in [0.2, 0.25) is 5.91 Å². The first-order chi connectivity index (χ1) is 26.6. The highest BCUT2D eigenvalue weighted by molar-refractivity contribution is 7.09. The van der Waals surface area contributed by atoms with E-state index in [0.717, 1.165) is 46.2 Å². The molecule has 1 aliphatic heterocycles. The summed E-state index contributed by atoms with van der Waals surface area (Å²) in [6, 6.07) is 19.8. The molecule has 3 aliphatic rings. The first-order valence-corrected chi connectivity index (χ1v) is 20.9. The molecule has 0 bridgehead atoms. The SMILES string of the molecule is CC(C)c1nc(CN(C)C(=O)NC2(C(=O)NC3(CCN(Cc4ccccc4)C(=O)OCc4cncs4)CC3c3ccccc3)C[C@@H]2CN2CCOCC2)cs1. The molecular weight excluding hydrogens is 735 g/mol. The number of thiazole rings is 2. The molecule has 2 aromatic carbocycles. The lowest BCUT2D eigenvalue weighted by atomic mass is 10.0. The van der Waals surface area contributed by atoms with Crippen molar-refractivity contribution in [2.45, 2.75) is 75.7 Å². The lowest BCUT2D eigenvalue weighted by Gasteiger charge is -2.31. The average Bonchev–Trinajstić information content (AvgIpc) is 3.86. The molecule has 292 valence electrons. The van der Waals surface area contributed by atoms with Crippen LogP contribution < -0.4 is 10.6 Å². The summed E-state index contributed by atoms with van der Waals surface area (Å²) in [6.07, 6.45) is 3.06. The van der Waals surface area contributed by atoms with Gasteiger partial charge in [0.1, 0.15) is 12.1 Å². The maximum Gasteiger partial charge on any atom is 0.410 e. The number of nitrogens with one attached hydrogen (secondary N) is 2. The number of carbonyl (C=O) groups is 3. The predicted molar refractivity (Wildman–Crippen MR) is 213 cm³/mol. The third-order valence-electron chi connectivity index (χ3n) is 11.0. The molecule has 55 heavy (non-hydrogen) atoms. The van der Waals surface area contributed by atoms with Crippen molar-refractivity contribution in [3.63, 3.8) is 0 Å². The largest absolute Gasteiger partial charge is 0.444 e. The molecule has 2 saturated carbocycles. The van der Waals surface area contributed by atoms with Gasteiger partial charge in [-0.3, -0.25) is 14.7 Å². The number of morpholine rings is 1. The van der Waals surface area contributed by atoms with Crippen LogP contribution >= 0.6 is 22.7 Å². The number of hydrogen-bond acceptors (Lipinski definition) is 10. The van der Waals surface area contributed by atoms with E-state index in [1.165, 1.54) is 11.3 Å². The second kappa shape index (κ2) is 17.2. The third kappa shape index (κ3) is 9.54. The first-order valence-electron chi connectivity index (χ1n) is 19.1. The quantitative estimate of drug-likeness (QED) is 0.137. The van der Waals surface area contributed by atoms with Gasteiger partial charge < -0.3 is 29.9 Å². The van der Waals surface area contributed by atoms with E-state index < -0.39 is 17.2 Å². The lowest BCUT2D eigenvalue weighted by Crippen LogP contribution is -2.57. The van der Waals surface area contributed by atoms with Crippen LogP contribution in [0.2, 0.25) is 0 Å². The van der Waals surface area contributed by atoms with Crippen molar-refractivity contribution >= 4 is 40.7 Å². The van der Waals surface area contributed by atoms with E-state index in [9.17, 15) is 14.4 Å². The van der Waals surface area contributed by atoms with Crippen molar-refractivity contribution in [3.8, 4) is 0 Å². The van der Waals surface area contributed by atoms with E-state index in [0.29, 0.717) is 58.2 Å². The molecule has 12 nitrogen and oxygen atoms in total. The van der Waals surface area contributed by atoms with Gasteiger partial charge in [0.25, 0.3) is 0 Å². The smallest absolute Gasteiger partial charge is 0.410 e. The van der Waals surface area contributed by atoms with E-state index >= 15 is 0 Å². The summed E-state index contributed by atoms with van der Waals surface area (Å²) >= 11 is 3.04. The van der Waals surface area contributed by atoms with Gasteiger partial charge in [-0.25, -0.2) is 14.6 Å². The monoisotopic (exact) mass is 785 g/mol. The van der Waals surface area contributed by atoms with Crippen LogP contribution in [0.25, 0.3) is 0 Å². The van der Waals surface area contributed by atoms with Crippen molar-refractivity contribution in [1.82, 2.24) is 35.3 Å². The highest BCUT2D eigenvalue weighted by Gasteiger charge is 2.65. The summed E-state index contributed by atoms with van der Waals surface area (Å²) in [5, 5.41) is 9.74. The molecule has 2 aliphatic carbocycles. The Morgan fingerprint density at radius 2 is 1.75 bits per heavy atom.